The van der Waals surface area contributed by atoms with Gasteiger partial charge in [0.05, 0.1) is 28.8 Å². The molecule has 1 aromatic carbocycles. The summed E-state index contributed by atoms with van der Waals surface area (Å²) in [6.07, 6.45) is 7.05. The molecule has 0 radical (unpaired) electrons. The van der Waals surface area contributed by atoms with E-state index in [0.717, 1.165) is 32.7 Å². The molecule has 2 bridgehead atoms. The van der Waals surface area contributed by atoms with Crippen molar-refractivity contribution in [3.63, 3.8) is 0 Å². The highest BCUT2D eigenvalue weighted by Gasteiger charge is 2.63. The maximum Gasteiger partial charge on any atom is 0.0707 e. The minimum Gasteiger partial charge on any atom is -0.379 e. The summed E-state index contributed by atoms with van der Waals surface area (Å²) < 4.78 is 5.58. The van der Waals surface area contributed by atoms with Crippen molar-refractivity contribution >= 4 is 29.4 Å². The van der Waals surface area contributed by atoms with Gasteiger partial charge in [-0.15, -0.1) is 0 Å². The maximum absolute atomic E-state index is 6.38. The molecule has 3 nitrogen and oxygen atoms in total. The van der Waals surface area contributed by atoms with E-state index in [1.165, 1.54) is 24.8 Å². The molecule has 2 heterocycles. The monoisotopic (exact) mass is 378 g/mol. The SMILES string of the molecule is Clc1ccc(C2C3CC(CC3N3CCOCC3)C23CCC=N3)cc1Cl. The molecule has 1 spiro atoms. The van der Waals surface area contributed by atoms with Crippen molar-refractivity contribution in [3.8, 4) is 0 Å². The topological polar surface area (TPSA) is 24.8 Å². The van der Waals surface area contributed by atoms with Gasteiger partial charge < -0.3 is 4.74 Å². The molecule has 5 heteroatoms. The Morgan fingerprint density at radius 1 is 1.12 bits per heavy atom. The summed E-state index contributed by atoms with van der Waals surface area (Å²) >= 11 is 12.6. The number of morpholine rings is 1. The van der Waals surface area contributed by atoms with Crippen LogP contribution in [0.1, 0.15) is 37.2 Å². The van der Waals surface area contributed by atoms with E-state index in [1.54, 1.807) is 0 Å². The van der Waals surface area contributed by atoms with Crippen LogP contribution >= 0.6 is 23.2 Å². The fourth-order valence-corrected chi connectivity index (χ4v) is 6.46. The Morgan fingerprint density at radius 2 is 1.96 bits per heavy atom. The van der Waals surface area contributed by atoms with Crippen molar-refractivity contribution in [1.82, 2.24) is 4.90 Å². The largest absolute Gasteiger partial charge is 0.379 e. The number of fused-ring (bicyclic) bond motifs is 3. The van der Waals surface area contributed by atoms with Gasteiger partial charge in [-0.25, -0.2) is 0 Å². The van der Waals surface area contributed by atoms with Crippen molar-refractivity contribution in [2.45, 2.75) is 43.2 Å². The van der Waals surface area contributed by atoms with Gasteiger partial charge in [0.1, 0.15) is 0 Å². The van der Waals surface area contributed by atoms with E-state index in [1.807, 2.05) is 6.07 Å². The van der Waals surface area contributed by atoms with E-state index in [4.69, 9.17) is 32.9 Å². The van der Waals surface area contributed by atoms with Crippen molar-refractivity contribution in [2.24, 2.45) is 16.8 Å². The van der Waals surface area contributed by atoms with Crippen molar-refractivity contribution < 1.29 is 4.74 Å². The lowest BCUT2D eigenvalue weighted by Crippen LogP contribution is -2.51. The maximum atomic E-state index is 6.38. The minimum atomic E-state index is 0.102. The first-order valence-corrected chi connectivity index (χ1v) is 10.2. The molecular formula is C20H24Cl2N2O. The zero-order valence-corrected chi connectivity index (χ0v) is 15.8. The predicted octanol–water partition coefficient (Wildman–Crippen LogP) is 4.42. The van der Waals surface area contributed by atoms with E-state index < -0.39 is 0 Å². The molecule has 2 saturated carbocycles. The first-order valence-electron chi connectivity index (χ1n) is 9.49. The number of ether oxygens (including phenoxy) is 1. The Bertz CT molecular complexity index is 703. The first kappa shape index (κ1) is 16.6. The van der Waals surface area contributed by atoms with E-state index >= 15 is 0 Å². The van der Waals surface area contributed by atoms with Gasteiger partial charge >= 0.3 is 0 Å². The lowest BCUT2D eigenvalue weighted by molar-refractivity contribution is -0.00497. The van der Waals surface area contributed by atoms with Gasteiger partial charge in [0, 0.05) is 25.0 Å². The smallest absolute Gasteiger partial charge is 0.0707 e. The Labute approximate surface area is 159 Å². The molecule has 2 aliphatic carbocycles. The predicted molar refractivity (Wildman–Crippen MR) is 102 cm³/mol. The molecule has 134 valence electrons. The first-order chi connectivity index (χ1) is 12.2. The van der Waals surface area contributed by atoms with Crippen LogP contribution < -0.4 is 0 Å². The zero-order valence-electron chi connectivity index (χ0n) is 14.3. The van der Waals surface area contributed by atoms with Gasteiger partial charge in [-0.05, 0) is 61.4 Å². The molecule has 5 atom stereocenters. The Morgan fingerprint density at radius 3 is 2.68 bits per heavy atom. The fourth-order valence-electron chi connectivity index (χ4n) is 6.15. The summed E-state index contributed by atoms with van der Waals surface area (Å²) in [6.45, 7) is 3.87. The van der Waals surface area contributed by atoms with Crippen molar-refractivity contribution in [1.29, 1.82) is 0 Å². The third-order valence-electron chi connectivity index (χ3n) is 7.07. The van der Waals surface area contributed by atoms with Crippen LogP contribution in [0.2, 0.25) is 10.0 Å². The summed E-state index contributed by atoms with van der Waals surface area (Å²) in [5.74, 6) is 1.83. The van der Waals surface area contributed by atoms with E-state index in [2.05, 4.69) is 23.2 Å². The van der Waals surface area contributed by atoms with Crippen molar-refractivity contribution in [2.75, 3.05) is 26.3 Å². The number of rotatable bonds is 2. The molecule has 4 aliphatic rings. The zero-order chi connectivity index (χ0) is 17.0. The van der Waals surface area contributed by atoms with Crippen LogP contribution in [0, 0.1) is 11.8 Å². The number of hydrogen-bond acceptors (Lipinski definition) is 3. The van der Waals surface area contributed by atoms with Crippen LogP contribution in [-0.2, 0) is 4.74 Å². The third-order valence-corrected chi connectivity index (χ3v) is 7.81. The van der Waals surface area contributed by atoms with Crippen LogP contribution in [-0.4, -0.2) is 49.0 Å². The molecule has 0 amide bonds. The average molecular weight is 379 g/mol. The fraction of sp³-hybridized carbons (Fsp3) is 0.650. The molecule has 0 N–H and O–H groups in total. The Balaban J connectivity index is 1.52. The lowest BCUT2D eigenvalue weighted by Gasteiger charge is -2.46. The Kier molecular flexibility index (Phi) is 4.12. The highest BCUT2D eigenvalue weighted by atomic mass is 35.5. The number of aliphatic imine (C=N–C) groups is 1. The van der Waals surface area contributed by atoms with Crippen LogP contribution in [0.5, 0.6) is 0 Å². The van der Waals surface area contributed by atoms with Gasteiger partial charge in [0.15, 0.2) is 0 Å². The van der Waals surface area contributed by atoms with Crippen LogP contribution in [0.15, 0.2) is 23.2 Å². The number of hydrogen-bond donors (Lipinski definition) is 0. The van der Waals surface area contributed by atoms with Gasteiger partial charge in [-0.3, -0.25) is 9.89 Å². The minimum absolute atomic E-state index is 0.102. The molecule has 5 rings (SSSR count). The molecule has 1 aromatic rings. The highest BCUT2D eigenvalue weighted by Crippen LogP contribution is 2.64. The second-order valence-electron chi connectivity index (χ2n) is 8.04. The van der Waals surface area contributed by atoms with E-state index in [0.29, 0.717) is 33.8 Å². The number of benzene rings is 1. The highest BCUT2D eigenvalue weighted by molar-refractivity contribution is 6.42. The average Bonchev–Trinajstić information content (AvgIpc) is 3.34. The van der Waals surface area contributed by atoms with Gasteiger partial charge in [-0.2, -0.15) is 0 Å². The van der Waals surface area contributed by atoms with Crippen molar-refractivity contribution in [3.05, 3.63) is 33.8 Å². The summed E-state index contributed by atoms with van der Waals surface area (Å²) in [5, 5.41) is 1.31. The quantitative estimate of drug-likeness (QED) is 0.760. The summed E-state index contributed by atoms with van der Waals surface area (Å²) in [4.78, 5) is 7.77. The summed E-state index contributed by atoms with van der Waals surface area (Å²) in [6, 6.07) is 6.91. The molecule has 3 fully saturated rings. The standard InChI is InChI=1S/C20H24Cl2N2O/c21-16-3-2-13(10-17(16)22)19-15-11-14(20(19)4-1-5-23-20)12-18(15)24-6-8-25-9-7-24/h2-3,5,10,14-15,18-19H,1,4,6-9,11-12H2. The van der Waals surface area contributed by atoms with Gasteiger partial charge in [-0.1, -0.05) is 29.3 Å². The van der Waals surface area contributed by atoms with E-state index in [-0.39, 0.29) is 5.54 Å². The Hall–Kier alpha value is -0.610. The second kappa shape index (κ2) is 6.23. The molecule has 1 saturated heterocycles. The summed E-state index contributed by atoms with van der Waals surface area (Å²) in [5.41, 5.74) is 1.43. The third kappa shape index (κ3) is 2.50. The molecule has 0 aromatic heterocycles. The number of halogens is 2. The van der Waals surface area contributed by atoms with Gasteiger partial charge in [0.2, 0.25) is 0 Å². The molecular weight excluding hydrogens is 355 g/mol. The van der Waals surface area contributed by atoms with E-state index in [9.17, 15) is 0 Å². The van der Waals surface area contributed by atoms with Gasteiger partial charge in [0.25, 0.3) is 0 Å². The van der Waals surface area contributed by atoms with Crippen LogP contribution in [0.4, 0.5) is 0 Å². The van der Waals surface area contributed by atoms with Crippen LogP contribution in [0.3, 0.4) is 0 Å². The second-order valence-corrected chi connectivity index (χ2v) is 8.86. The molecule has 5 unspecified atom stereocenters. The lowest BCUT2D eigenvalue weighted by atomic mass is 9.67. The normalized spacial score (nSPS) is 40.4. The molecule has 25 heavy (non-hydrogen) atoms. The van der Waals surface area contributed by atoms with Crippen LogP contribution in [0.25, 0.3) is 0 Å². The number of nitrogens with zero attached hydrogens (tertiary/aromatic N) is 2. The summed E-state index contributed by atoms with van der Waals surface area (Å²) in [7, 11) is 0. The molecule has 2 aliphatic heterocycles.